The lowest BCUT2D eigenvalue weighted by Crippen LogP contribution is -2.40. The molecule has 0 saturated carbocycles. The van der Waals surface area contributed by atoms with Gasteiger partial charge in [-0.3, -0.25) is 14.6 Å². The molecular weight excluding hydrogens is 362 g/mol. The molecule has 0 spiro atoms. The van der Waals surface area contributed by atoms with Crippen molar-refractivity contribution >= 4 is 11.8 Å². The maximum atomic E-state index is 13.0. The Kier molecular flexibility index (Phi) is 7.11. The highest BCUT2D eigenvalue weighted by Crippen LogP contribution is 2.24. The number of carbonyl (C=O) groups is 2. The Balaban J connectivity index is 1.60. The zero-order chi connectivity index (χ0) is 20.5. The van der Waals surface area contributed by atoms with Gasteiger partial charge in [0.1, 0.15) is 0 Å². The van der Waals surface area contributed by atoms with Crippen LogP contribution in [0.15, 0.2) is 85.2 Å². The first-order valence-corrected chi connectivity index (χ1v) is 9.65. The SMILES string of the molecule is CN(CCc1ccncc1)C(=O)CNC(=O)C(c1ccccc1)c1ccccc1. The number of rotatable bonds is 8. The number of pyridine rings is 1. The molecule has 3 aromatic rings. The Morgan fingerprint density at radius 3 is 2.00 bits per heavy atom. The summed E-state index contributed by atoms with van der Waals surface area (Å²) in [4.78, 5) is 31.1. The molecule has 0 radical (unpaired) electrons. The largest absolute Gasteiger partial charge is 0.346 e. The molecule has 3 rings (SSSR count). The molecule has 0 saturated heterocycles. The first-order chi connectivity index (χ1) is 14.1. The van der Waals surface area contributed by atoms with Gasteiger partial charge in [-0.25, -0.2) is 0 Å². The standard InChI is InChI=1S/C24H25N3O2/c1-27(17-14-19-12-15-25-16-13-19)22(28)18-26-24(29)23(20-8-4-2-5-9-20)21-10-6-3-7-11-21/h2-13,15-16,23H,14,17-18H2,1H3,(H,26,29). The van der Waals surface area contributed by atoms with E-state index in [2.05, 4.69) is 10.3 Å². The van der Waals surface area contributed by atoms with Crippen molar-refractivity contribution < 1.29 is 9.59 Å². The molecule has 0 unspecified atom stereocenters. The van der Waals surface area contributed by atoms with Gasteiger partial charge in [0.25, 0.3) is 0 Å². The minimum atomic E-state index is -0.452. The Morgan fingerprint density at radius 2 is 1.45 bits per heavy atom. The third-order valence-electron chi connectivity index (χ3n) is 4.85. The van der Waals surface area contributed by atoms with E-state index in [0.717, 1.165) is 23.1 Å². The van der Waals surface area contributed by atoms with Crippen molar-refractivity contribution in [1.29, 1.82) is 0 Å². The summed E-state index contributed by atoms with van der Waals surface area (Å²) in [5.74, 6) is -0.752. The van der Waals surface area contributed by atoms with Crippen molar-refractivity contribution in [2.24, 2.45) is 0 Å². The van der Waals surface area contributed by atoms with Gasteiger partial charge in [0, 0.05) is 26.0 Å². The normalized spacial score (nSPS) is 10.6. The van der Waals surface area contributed by atoms with E-state index >= 15 is 0 Å². The predicted molar refractivity (Wildman–Crippen MR) is 113 cm³/mol. The Morgan fingerprint density at radius 1 is 0.897 bits per heavy atom. The van der Waals surface area contributed by atoms with Crippen molar-refractivity contribution in [1.82, 2.24) is 15.2 Å². The monoisotopic (exact) mass is 387 g/mol. The van der Waals surface area contributed by atoms with Gasteiger partial charge >= 0.3 is 0 Å². The second kappa shape index (κ2) is 10.2. The second-order valence-electron chi connectivity index (χ2n) is 6.89. The number of hydrogen-bond acceptors (Lipinski definition) is 3. The van der Waals surface area contributed by atoms with Gasteiger partial charge in [-0.05, 0) is 35.2 Å². The average molecular weight is 387 g/mol. The van der Waals surface area contributed by atoms with Gasteiger partial charge in [-0.2, -0.15) is 0 Å². The molecular formula is C24H25N3O2. The number of nitrogens with zero attached hydrogens (tertiary/aromatic N) is 2. The van der Waals surface area contributed by atoms with Crippen LogP contribution in [-0.4, -0.2) is 41.8 Å². The number of likely N-dealkylation sites (N-methyl/N-ethyl adjacent to an activating group) is 1. The molecule has 0 aliphatic heterocycles. The van der Waals surface area contributed by atoms with Crippen LogP contribution in [0.3, 0.4) is 0 Å². The molecule has 5 nitrogen and oxygen atoms in total. The number of amides is 2. The fraction of sp³-hybridized carbons (Fsp3) is 0.208. The van der Waals surface area contributed by atoms with Gasteiger partial charge in [0.05, 0.1) is 12.5 Å². The maximum absolute atomic E-state index is 13.0. The first-order valence-electron chi connectivity index (χ1n) is 9.65. The number of benzene rings is 2. The fourth-order valence-electron chi connectivity index (χ4n) is 3.16. The zero-order valence-corrected chi connectivity index (χ0v) is 16.5. The molecule has 0 aliphatic rings. The summed E-state index contributed by atoms with van der Waals surface area (Å²) in [6.07, 6.45) is 4.23. The smallest absolute Gasteiger partial charge is 0.241 e. The third-order valence-corrected chi connectivity index (χ3v) is 4.85. The van der Waals surface area contributed by atoms with E-state index < -0.39 is 5.92 Å². The van der Waals surface area contributed by atoms with E-state index in [4.69, 9.17) is 0 Å². The molecule has 0 atom stereocenters. The summed E-state index contributed by atoms with van der Waals surface area (Å²) in [5.41, 5.74) is 2.92. The van der Waals surface area contributed by atoms with Gasteiger partial charge in [-0.15, -0.1) is 0 Å². The minimum Gasteiger partial charge on any atom is -0.346 e. The summed E-state index contributed by atoms with van der Waals surface area (Å²) in [6, 6.07) is 23.1. The Labute approximate surface area is 171 Å². The van der Waals surface area contributed by atoms with E-state index in [1.165, 1.54) is 0 Å². The molecule has 29 heavy (non-hydrogen) atoms. The Hall–Kier alpha value is -3.47. The Bertz CT molecular complexity index is 875. The van der Waals surface area contributed by atoms with Crippen LogP contribution in [0.2, 0.25) is 0 Å². The molecule has 148 valence electrons. The molecule has 1 heterocycles. The lowest BCUT2D eigenvalue weighted by atomic mass is 9.90. The highest BCUT2D eigenvalue weighted by Gasteiger charge is 2.23. The minimum absolute atomic E-state index is 0.0259. The molecule has 1 N–H and O–H groups in total. The van der Waals surface area contributed by atoms with E-state index in [9.17, 15) is 9.59 Å². The lowest BCUT2D eigenvalue weighted by molar-refractivity contribution is -0.132. The molecule has 0 bridgehead atoms. The summed E-state index contributed by atoms with van der Waals surface area (Å²) >= 11 is 0. The second-order valence-corrected chi connectivity index (χ2v) is 6.89. The molecule has 5 heteroatoms. The molecule has 2 aromatic carbocycles. The van der Waals surface area contributed by atoms with E-state index in [1.807, 2.05) is 72.8 Å². The number of aromatic nitrogens is 1. The van der Waals surface area contributed by atoms with Crippen molar-refractivity contribution in [3.63, 3.8) is 0 Å². The van der Waals surface area contributed by atoms with Crippen molar-refractivity contribution in [3.05, 3.63) is 102 Å². The topological polar surface area (TPSA) is 62.3 Å². The van der Waals surface area contributed by atoms with E-state index in [0.29, 0.717) is 6.54 Å². The van der Waals surface area contributed by atoms with Crippen LogP contribution in [0.1, 0.15) is 22.6 Å². The van der Waals surface area contributed by atoms with Gasteiger partial charge in [0.15, 0.2) is 0 Å². The highest BCUT2D eigenvalue weighted by atomic mass is 16.2. The molecule has 1 aromatic heterocycles. The molecule has 2 amide bonds. The van der Waals surface area contributed by atoms with Gasteiger partial charge < -0.3 is 10.2 Å². The summed E-state index contributed by atoms with van der Waals surface area (Å²) in [5, 5.41) is 2.82. The van der Waals surface area contributed by atoms with Gasteiger partial charge in [0.2, 0.25) is 11.8 Å². The number of nitrogens with one attached hydrogen (secondary N) is 1. The number of hydrogen-bond donors (Lipinski definition) is 1. The van der Waals surface area contributed by atoms with Crippen LogP contribution in [0.5, 0.6) is 0 Å². The summed E-state index contributed by atoms with van der Waals surface area (Å²) in [6.45, 7) is 0.557. The van der Waals surface area contributed by atoms with Crippen molar-refractivity contribution in [2.75, 3.05) is 20.1 Å². The van der Waals surface area contributed by atoms with Crippen LogP contribution >= 0.6 is 0 Å². The fourth-order valence-corrected chi connectivity index (χ4v) is 3.16. The van der Waals surface area contributed by atoms with Crippen LogP contribution < -0.4 is 5.32 Å². The molecule has 0 fully saturated rings. The maximum Gasteiger partial charge on any atom is 0.241 e. The van der Waals surface area contributed by atoms with Crippen LogP contribution in [-0.2, 0) is 16.0 Å². The van der Waals surface area contributed by atoms with Crippen LogP contribution in [0.25, 0.3) is 0 Å². The van der Waals surface area contributed by atoms with Crippen molar-refractivity contribution in [3.8, 4) is 0 Å². The lowest BCUT2D eigenvalue weighted by Gasteiger charge is -2.20. The van der Waals surface area contributed by atoms with Crippen molar-refractivity contribution in [2.45, 2.75) is 12.3 Å². The third kappa shape index (κ3) is 5.75. The van der Waals surface area contributed by atoms with E-state index in [-0.39, 0.29) is 18.4 Å². The quantitative estimate of drug-likeness (QED) is 0.646. The highest BCUT2D eigenvalue weighted by molar-refractivity contribution is 5.90. The summed E-state index contributed by atoms with van der Waals surface area (Å²) < 4.78 is 0. The zero-order valence-electron chi connectivity index (χ0n) is 16.5. The predicted octanol–water partition coefficient (Wildman–Crippen LogP) is 3.03. The van der Waals surface area contributed by atoms with Crippen LogP contribution in [0, 0.1) is 0 Å². The van der Waals surface area contributed by atoms with E-state index in [1.54, 1.807) is 24.3 Å². The summed E-state index contributed by atoms with van der Waals surface area (Å²) in [7, 11) is 1.75. The average Bonchev–Trinajstić information content (AvgIpc) is 2.78. The molecule has 0 aliphatic carbocycles. The number of carbonyl (C=O) groups excluding carboxylic acids is 2. The van der Waals surface area contributed by atoms with Crippen LogP contribution in [0.4, 0.5) is 0 Å². The van der Waals surface area contributed by atoms with Gasteiger partial charge in [-0.1, -0.05) is 60.7 Å². The first kappa shape index (κ1) is 20.3.